The fourth-order valence-corrected chi connectivity index (χ4v) is 3.26. The van der Waals surface area contributed by atoms with Crippen LogP contribution in [0.25, 0.3) is 11.0 Å². The van der Waals surface area contributed by atoms with Crippen LogP contribution in [0.3, 0.4) is 0 Å². The zero-order valence-corrected chi connectivity index (χ0v) is 13.4. The maximum absolute atomic E-state index is 13.8. The fraction of sp³-hybridized carbons (Fsp3) is 0.385. The molecule has 0 saturated heterocycles. The molecule has 0 spiro atoms. The molecule has 4 nitrogen and oxygen atoms in total. The zero-order chi connectivity index (χ0) is 14.3. The second-order valence-corrected chi connectivity index (χ2v) is 6.99. The average molecular weight is 406 g/mol. The summed E-state index contributed by atoms with van der Waals surface area (Å²) >= 11 is 3.13. The standard InChI is InChI=1S/C13H12FIN2O2S/c14-8-3-11-10(4-9(8)15)16-13(20-6-12(18)19)17(11)5-7-1-2-7/h3-4,7H,1-2,5-6H2,(H,18,19). The van der Waals surface area contributed by atoms with Gasteiger partial charge in [0.1, 0.15) is 5.82 Å². The maximum Gasteiger partial charge on any atom is 0.313 e. The van der Waals surface area contributed by atoms with Crippen LogP contribution < -0.4 is 0 Å². The third kappa shape index (κ3) is 2.93. The Kier molecular flexibility index (Phi) is 3.89. The first-order valence-corrected chi connectivity index (χ1v) is 8.31. The van der Waals surface area contributed by atoms with E-state index < -0.39 is 5.97 Å². The first kappa shape index (κ1) is 14.1. The van der Waals surface area contributed by atoms with Gasteiger partial charge in [-0.05, 0) is 47.4 Å². The van der Waals surface area contributed by atoms with Gasteiger partial charge in [-0.3, -0.25) is 4.79 Å². The molecule has 1 heterocycles. The van der Waals surface area contributed by atoms with Crippen molar-refractivity contribution in [3.8, 4) is 0 Å². The molecule has 0 atom stereocenters. The molecule has 1 N–H and O–H groups in total. The molecule has 0 aliphatic heterocycles. The highest BCUT2D eigenvalue weighted by atomic mass is 127. The smallest absolute Gasteiger partial charge is 0.313 e. The molecule has 1 saturated carbocycles. The molecule has 0 unspecified atom stereocenters. The van der Waals surface area contributed by atoms with Gasteiger partial charge in [-0.1, -0.05) is 11.8 Å². The summed E-state index contributed by atoms with van der Waals surface area (Å²) in [6.07, 6.45) is 2.35. The number of fused-ring (bicyclic) bond motifs is 1. The van der Waals surface area contributed by atoms with Crippen LogP contribution >= 0.6 is 34.4 Å². The van der Waals surface area contributed by atoms with E-state index in [1.165, 1.54) is 30.7 Å². The van der Waals surface area contributed by atoms with Gasteiger partial charge in [0.05, 0.1) is 20.4 Å². The summed E-state index contributed by atoms with van der Waals surface area (Å²) < 4.78 is 16.2. The van der Waals surface area contributed by atoms with Crippen LogP contribution in [0.5, 0.6) is 0 Å². The predicted molar refractivity (Wildman–Crippen MR) is 83.5 cm³/mol. The summed E-state index contributed by atoms with van der Waals surface area (Å²) in [7, 11) is 0. The second kappa shape index (κ2) is 5.51. The number of aliphatic carboxylic acids is 1. The number of hydrogen-bond acceptors (Lipinski definition) is 3. The van der Waals surface area contributed by atoms with E-state index in [2.05, 4.69) is 4.98 Å². The first-order chi connectivity index (χ1) is 9.54. The van der Waals surface area contributed by atoms with Crippen molar-refractivity contribution in [1.82, 2.24) is 9.55 Å². The molecule has 106 valence electrons. The second-order valence-electron chi connectivity index (χ2n) is 4.89. The van der Waals surface area contributed by atoms with Gasteiger partial charge in [-0.2, -0.15) is 0 Å². The number of halogens is 2. The molecule has 7 heteroatoms. The monoisotopic (exact) mass is 406 g/mol. The highest BCUT2D eigenvalue weighted by Crippen LogP contribution is 2.35. The fourth-order valence-electron chi connectivity index (χ4n) is 2.07. The van der Waals surface area contributed by atoms with Crippen LogP contribution in [0.15, 0.2) is 17.3 Å². The van der Waals surface area contributed by atoms with Gasteiger partial charge in [0, 0.05) is 12.6 Å². The first-order valence-electron chi connectivity index (χ1n) is 6.24. The molecular weight excluding hydrogens is 394 g/mol. The van der Waals surface area contributed by atoms with Gasteiger partial charge in [-0.25, -0.2) is 9.37 Å². The van der Waals surface area contributed by atoms with Crippen molar-refractivity contribution in [1.29, 1.82) is 0 Å². The number of carboxylic acid groups (broad SMARTS) is 1. The quantitative estimate of drug-likeness (QED) is 0.611. The van der Waals surface area contributed by atoms with E-state index in [1.54, 1.807) is 6.07 Å². The summed E-state index contributed by atoms with van der Waals surface area (Å²) in [6.45, 7) is 0.790. The van der Waals surface area contributed by atoms with Crippen LogP contribution in [0.2, 0.25) is 0 Å². The van der Waals surface area contributed by atoms with E-state index >= 15 is 0 Å². The predicted octanol–water partition coefficient (Wildman–Crippen LogP) is 3.37. The number of imidazole rings is 1. The minimum atomic E-state index is -0.874. The van der Waals surface area contributed by atoms with Gasteiger partial charge < -0.3 is 9.67 Å². The summed E-state index contributed by atoms with van der Waals surface area (Å²) in [4.78, 5) is 15.2. The van der Waals surface area contributed by atoms with E-state index in [0.717, 1.165) is 17.6 Å². The van der Waals surface area contributed by atoms with Gasteiger partial charge in [-0.15, -0.1) is 0 Å². The molecule has 3 rings (SSSR count). The van der Waals surface area contributed by atoms with Crippen LogP contribution in [0, 0.1) is 15.3 Å². The Labute approximate surface area is 132 Å². The SMILES string of the molecule is O=C(O)CSc1nc2cc(I)c(F)cc2n1CC1CC1. The number of thioether (sulfide) groups is 1. The van der Waals surface area contributed by atoms with E-state index in [-0.39, 0.29) is 11.6 Å². The molecule has 1 aromatic carbocycles. The van der Waals surface area contributed by atoms with E-state index in [1.807, 2.05) is 27.2 Å². The van der Waals surface area contributed by atoms with Crippen molar-refractivity contribution < 1.29 is 14.3 Å². The van der Waals surface area contributed by atoms with Crippen molar-refractivity contribution >= 4 is 51.4 Å². The molecule has 1 aliphatic carbocycles. The zero-order valence-electron chi connectivity index (χ0n) is 10.5. The molecule has 20 heavy (non-hydrogen) atoms. The Morgan fingerprint density at radius 2 is 2.30 bits per heavy atom. The Hall–Kier alpha value is -0.830. The Morgan fingerprint density at radius 3 is 2.95 bits per heavy atom. The Bertz CT molecular complexity index is 685. The third-order valence-electron chi connectivity index (χ3n) is 3.22. The highest BCUT2D eigenvalue weighted by Gasteiger charge is 2.25. The van der Waals surface area contributed by atoms with Crippen LogP contribution in [0.1, 0.15) is 12.8 Å². The largest absolute Gasteiger partial charge is 0.481 e. The summed E-state index contributed by atoms with van der Waals surface area (Å²) in [5.74, 6) is -0.558. The lowest BCUT2D eigenvalue weighted by molar-refractivity contribution is -0.133. The normalized spacial score (nSPS) is 14.9. The minimum Gasteiger partial charge on any atom is -0.481 e. The maximum atomic E-state index is 13.8. The van der Waals surface area contributed by atoms with E-state index in [0.29, 0.717) is 14.6 Å². The molecule has 1 aromatic heterocycles. The van der Waals surface area contributed by atoms with Gasteiger partial charge in [0.25, 0.3) is 0 Å². The topological polar surface area (TPSA) is 55.1 Å². The van der Waals surface area contributed by atoms with Crippen LogP contribution in [-0.2, 0) is 11.3 Å². The molecular formula is C13H12FIN2O2S. The summed E-state index contributed by atoms with van der Waals surface area (Å²) in [5, 5.41) is 9.47. The molecule has 2 aromatic rings. The van der Waals surface area contributed by atoms with Gasteiger partial charge in [0.2, 0.25) is 0 Å². The number of hydrogen-bond donors (Lipinski definition) is 1. The molecule has 1 aliphatic rings. The van der Waals surface area contributed by atoms with Crippen LogP contribution in [0.4, 0.5) is 4.39 Å². The van der Waals surface area contributed by atoms with Crippen molar-refractivity contribution in [2.45, 2.75) is 24.5 Å². The lowest BCUT2D eigenvalue weighted by Gasteiger charge is -2.07. The number of rotatable bonds is 5. The lowest BCUT2D eigenvalue weighted by atomic mass is 10.3. The van der Waals surface area contributed by atoms with E-state index in [9.17, 15) is 9.18 Å². The van der Waals surface area contributed by atoms with Crippen LogP contribution in [-0.4, -0.2) is 26.4 Å². The highest BCUT2D eigenvalue weighted by molar-refractivity contribution is 14.1. The molecule has 0 amide bonds. The van der Waals surface area contributed by atoms with Gasteiger partial charge in [0.15, 0.2) is 5.16 Å². The number of benzene rings is 1. The molecule has 0 bridgehead atoms. The molecule has 0 radical (unpaired) electrons. The minimum absolute atomic E-state index is 0.0342. The van der Waals surface area contributed by atoms with Crippen molar-refractivity contribution in [2.75, 3.05) is 5.75 Å². The molecule has 1 fully saturated rings. The van der Waals surface area contributed by atoms with Gasteiger partial charge >= 0.3 is 5.97 Å². The van der Waals surface area contributed by atoms with Crippen molar-refractivity contribution in [3.63, 3.8) is 0 Å². The van der Waals surface area contributed by atoms with Crippen molar-refractivity contribution in [2.24, 2.45) is 5.92 Å². The number of carboxylic acids is 1. The Morgan fingerprint density at radius 1 is 1.55 bits per heavy atom. The Balaban J connectivity index is 2.03. The van der Waals surface area contributed by atoms with Crippen molar-refractivity contribution in [3.05, 3.63) is 21.5 Å². The average Bonchev–Trinajstić information content (AvgIpc) is 3.14. The lowest BCUT2D eigenvalue weighted by Crippen LogP contribution is -2.04. The number of aromatic nitrogens is 2. The summed E-state index contributed by atoms with van der Waals surface area (Å²) in [6, 6.07) is 3.21. The number of nitrogens with zero attached hydrogens (tertiary/aromatic N) is 2. The van der Waals surface area contributed by atoms with E-state index in [4.69, 9.17) is 5.11 Å². The number of carbonyl (C=O) groups is 1. The summed E-state index contributed by atoms with van der Waals surface area (Å²) in [5.41, 5.74) is 1.48. The third-order valence-corrected chi connectivity index (χ3v) is 5.01.